The van der Waals surface area contributed by atoms with Crippen LogP contribution in [0.15, 0.2) is 0 Å². The standard InChI is InChI=1S/C18H34N4O2S.C4H6O6/c1-15(17(23)21-11-9-20(2)10-12-21)19-18(24)22(13-14-25)8-7-16-5-3-4-6-16;5-1(3(7)8)2(6)4(9)10/h15-16,25H,3-14H2,1-2H3,(H,19,24);1-2,5-6H,(H,7,8)(H,9,10)/t15-;1-,2-/m01/s1. The van der Waals surface area contributed by atoms with Gasteiger partial charge in [0.25, 0.3) is 0 Å². The van der Waals surface area contributed by atoms with Crippen molar-refractivity contribution in [2.45, 2.75) is 57.3 Å². The molecule has 0 radical (unpaired) electrons. The first-order valence-corrected chi connectivity index (χ1v) is 12.6. The molecule has 13 heteroatoms. The zero-order chi connectivity index (χ0) is 26.5. The highest BCUT2D eigenvalue weighted by atomic mass is 32.1. The zero-order valence-electron chi connectivity index (χ0n) is 20.5. The van der Waals surface area contributed by atoms with E-state index in [1.807, 2.05) is 9.80 Å². The lowest BCUT2D eigenvalue weighted by Gasteiger charge is -2.34. The first-order chi connectivity index (χ1) is 16.5. The van der Waals surface area contributed by atoms with Gasteiger partial charge >= 0.3 is 18.0 Å². The van der Waals surface area contributed by atoms with Crippen LogP contribution in [0.5, 0.6) is 0 Å². The number of urea groups is 1. The van der Waals surface area contributed by atoms with E-state index in [1.165, 1.54) is 25.7 Å². The highest BCUT2D eigenvalue weighted by molar-refractivity contribution is 7.80. The monoisotopic (exact) mass is 520 g/mol. The van der Waals surface area contributed by atoms with Crippen LogP contribution in [0.1, 0.15) is 39.0 Å². The van der Waals surface area contributed by atoms with Crippen molar-refractivity contribution >= 4 is 36.5 Å². The number of amides is 3. The summed E-state index contributed by atoms with van der Waals surface area (Å²) in [6, 6.07) is -0.619. The van der Waals surface area contributed by atoms with Crippen LogP contribution in [0.25, 0.3) is 0 Å². The molecule has 0 aromatic carbocycles. The number of rotatable bonds is 10. The zero-order valence-corrected chi connectivity index (χ0v) is 21.4. The number of likely N-dealkylation sites (N-methyl/N-ethyl adjacent to an activating group) is 1. The van der Waals surface area contributed by atoms with Gasteiger partial charge < -0.3 is 40.4 Å². The number of hydrogen-bond donors (Lipinski definition) is 6. The summed E-state index contributed by atoms with van der Waals surface area (Å²) in [5.74, 6) is -2.13. The molecule has 1 aliphatic heterocycles. The van der Waals surface area contributed by atoms with E-state index in [9.17, 15) is 19.2 Å². The summed E-state index contributed by atoms with van der Waals surface area (Å²) < 4.78 is 0. The van der Waals surface area contributed by atoms with E-state index in [4.69, 9.17) is 20.4 Å². The number of hydrogen-bond acceptors (Lipinski definition) is 8. The summed E-state index contributed by atoms with van der Waals surface area (Å²) in [7, 11) is 2.06. The largest absolute Gasteiger partial charge is 0.479 e. The van der Waals surface area contributed by atoms with Crippen molar-refractivity contribution in [3.63, 3.8) is 0 Å². The van der Waals surface area contributed by atoms with Crippen LogP contribution in [0.3, 0.4) is 0 Å². The van der Waals surface area contributed by atoms with Gasteiger partial charge in [-0.05, 0) is 26.3 Å². The maximum Gasteiger partial charge on any atom is 0.335 e. The minimum Gasteiger partial charge on any atom is -0.479 e. The highest BCUT2D eigenvalue weighted by Gasteiger charge is 2.29. The number of aliphatic carboxylic acids is 2. The van der Waals surface area contributed by atoms with Crippen molar-refractivity contribution < 1.29 is 39.6 Å². The van der Waals surface area contributed by atoms with E-state index >= 15 is 0 Å². The quantitative estimate of drug-likeness (QED) is 0.209. The molecule has 1 heterocycles. The lowest BCUT2D eigenvalue weighted by Crippen LogP contribution is -2.55. The molecule has 5 N–H and O–H groups in total. The van der Waals surface area contributed by atoms with Crippen molar-refractivity contribution in [3.05, 3.63) is 0 Å². The molecule has 35 heavy (non-hydrogen) atoms. The molecule has 0 bridgehead atoms. The van der Waals surface area contributed by atoms with Crippen molar-refractivity contribution in [1.82, 2.24) is 20.0 Å². The number of carbonyl (C=O) groups excluding carboxylic acids is 2. The Kier molecular flexibility index (Phi) is 14.0. The number of piperazine rings is 1. The molecule has 2 aliphatic rings. The number of nitrogens with zero attached hydrogens (tertiary/aromatic N) is 3. The molecule has 0 aromatic rings. The van der Waals surface area contributed by atoms with Crippen LogP contribution < -0.4 is 5.32 Å². The molecule has 1 aliphatic carbocycles. The van der Waals surface area contributed by atoms with Crippen LogP contribution in [0, 0.1) is 5.92 Å². The maximum absolute atomic E-state index is 12.6. The van der Waals surface area contributed by atoms with Gasteiger partial charge in [0.2, 0.25) is 5.91 Å². The van der Waals surface area contributed by atoms with Gasteiger partial charge in [-0.2, -0.15) is 12.6 Å². The Morgan fingerprint density at radius 2 is 1.49 bits per heavy atom. The fourth-order valence-electron chi connectivity index (χ4n) is 3.98. The molecule has 12 nitrogen and oxygen atoms in total. The van der Waals surface area contributed by atoms with Gasteiger partial charge in [0.05, 0.1) is 0 Å². The maximum atomic E-state index is 12.6. The van der Waals surface area contributed by atoms with Gasteiger partial charge in [-0.1, -0.05) is 25.7 Å². The Balaban J connectivity index is 0.000000518. The minimum atomic E-state index is -2.27. The molecular weight excluding hydrogens is 480 g/mol. The smallest absolute Gasteiger partial charge is 0.335 e. The molecule has 3 atom stereocenters. The van der Waals surface area contributed by atoms with Crippen molar-refractivity contribution in [2.24, 2.45) is 5.92 Å². The third kappa shape index (κ3) is 11.0. The van der Waals surface area contributed by atoms with Gasteiger partial charge in [0.15, 0.2) is 12.2 Å². The number of carboxylic acid groups (broad SMARTS) is 2. The first-order valence-electron chi connectivity index (χ1n) is 11.9. The van der Waals surface area contributed by atoms with Crippen molar-refractivity contribution in [3.8, 4) is 0 Å². The third-order valence-electron chi connectivity index (χ3n) is 6.27. The second-order valence-electron chi connectivity index (χ2n) is 9.02. The van der Waals surface area contributed by atoms with Crippen LogP contribution in [0.4, 0.5) is 4.79 Å². The molecule has 0 spiro atoms. The number of carbonyl (C=O) groups is 4. The number of nitrogens with one attached hydrogen (secondary N) is 1. The molecule has 3 amide bonds. The van der Waals surface area contributed by atoms with E-state index in [0.29, 0.717) is 12.3 Å². The Bertz CT molecular complexity index is 681. The van der Waals surface area contributed by atoms with Gasteiger partial charge in [-0.3, -0.25) is 4.79 Å². The highest BCUT2D eigenvalue weighted by Crippen LogP contribution is 2.27. The summed E-state index contributed by atoms with van der Waals surface area (Å²) >= 11 is 4.28. The van der Waals surface area contributed by atoms with Crippen LogP contribution >= 0.6 is 12.6 Å². The molecule has 202 valence electrons. The second kappa shape index (κ2) is 15.8. The number of thiol groups is 1. The second-order valence-corrected chi connectivity index (χ2v) is 9.46. The average molecular weight is 521 g/mol. The van der Waals surface area contributed by atoms with E-state index < -0.39 is 30.2 Å². The number of aliphatic hydroxyl groups is 2. The Labute approximate surface area is 211 Å². The fourth-order valence-corrected chi connectivity index (χ4v) is 4.22. The lowest BCUT2D eigenvalue weighted by atomic mass is 10.0. The molecular formula is C22H40N4O8S. The SMILES string of the molecule is C[C@H](NC(=O)N(CCS)CCC1CCCC1)C(=O)N1CCN(C)CC1.O=C(O)[C@H](O)[C@@H](O)C(=O)O. The minimum absolute atomic E-state index is 0.0167. The fraction of sp³-hybridized carbons (Fsp3) is 0.818. The molecule has 0 unspecified atom stereocenters. The average Bonchev–Trinajstić information content (AvgIpc) is 3.34. The van der Waals surface area contributed by atoms with Crippen LogP contribution in [-0.2, 0) is 14.4 Å². The number of carboxylic acids is 2. The predicted molar refractivity (Wildman–Crippen MR) is 131 cm³/mol. The lowest BCUT2D eigenvalue weighted by molar-refractivity contribution is -0.165. The molecule has 1 saturated carbocycles. The van der Waals surface area contributed by atoms with E-state index in [-0.39, 0.29) is 11.9 Å². The molecule has 2 rings (SSSR count). The Hall–Kier alpha value is -2.09. The summed E-state index contributed by atoms with van der Waals surface area (Å²) in [6.07, 6.45) is 1.74. The number of aliphatic hydroxyl groups excluding tert-OH is 2. The van der Waals surface area contributed by atoms with Gasteiger partial charge in [0, 0.05) is 45.0 Å². The Morgan fingerprint density at radius 1 is 0.971 bits per heavy atom. The van der Waals surface area contributed by atoms with Crippen molar-refractivity contribution in [1.29, 1.82) is 0 Å². The van der Waals surface area contributed by atoms with Crippen LogP contribution in [-0.4, -0.2) is 129 Å². The van der Waals surface area contributed by atoms with Gasteiger partial charge in [-0.15, -0.1) is 0 Å². The van der Waals surface area contributed by atoms with E-state index in [2.05, 4.69) is 29.9 Å². The topological polar surface area (TPSA) is 171 Å². The summed E-state index contributed by atoms with van der Waals surface area (Å²) in [4.78, 5) is 50.6. The Morgan fingerprint density at radius 3 is 1.94 bits per heavy atom. The van der Waals surface area contributed by atoms with Crippen molar-refractivity contribution in [2.75, 3.05) is 52.1 Å². The first kappa shape index (κ1) is 30.9. The predicted octanol–water partition coefficient (Wildman–Crippen LogP) is -0.452. The van der Waals surface area contributed by atoms with Gasteiger partial charge in [-0.25, -0.2) is 14.4 Å². The summed E-state index contributed by atoms with van der Waals surface area (Å²) in [5, 5.41) is 35.4. The van der Waals surface area contributed by atoms with E-state index in [1.54, 1.807) is 6.92 Å². The normalized spacial score (nSPS) is 19.2. The van der Waals surface area contributed by atoms with Gasteiger partial charge in [0.1, 0.15) is 6.04 Å². The third-order valence-corrected chi connectivity index (χ3v) is 6.47. The molecule has 1 saturated heterocycles. The van der Waals surface area contributed by atoms with Crippen LogP contribution in [0.2, 0.25) is 0 Å². The molecule has 0 aromatic heterocycles. The van der Waals surface area contributed by atoms with E-state index in [0.717, 1.165) is 45.1 Å². The summed E-state index contributed by atoms with van der Waals surface area (Å²) in [6.45, 7) is 6.41. The summed E-state index contributed by atoms with van der Waals surface area (Å²) in [5.41, 5.74) is 0. The molecule has 2 fully saturated rings.